The summed E-state index contributed by atoms with van der Waals surface area (Å²) in [4.78, 5) is 42.7. The van der Waals surface area contributed by atoms with Gasteiger partial charge in [0.2, 0.25) is 5.91 Å². The Bertz CT molecular complexity index is 1500. The average Bonchev–Trinajstić information content (AvgIpc) is 3.04. The molecule has 1 aliphatic heterocycles. The Morgan fingerprint density at radius 1 is 1.20 bits per heavy atom. The molecule has 0 spiro atoms. The number of amides is 3. The minimum absolute atomic E-state index is 0.111. The smallest absolute Gasteiger partial charge is 0.410 e. The molecule has 0 aliphatic carbocycles. The summed E-state index contributed by atoms with van der Waals surface area (Å²) in [6, 6.07) is 17.6. The zero-order valence-corrected chi connectivity index (χ0v) is 23.7. The summed E-state index contributed by atoms with van der Waals surface area (Å²) >= 11 is 0. The van der Waals surface area contributed by atoms with Gasteiger partial charge in [-0.2, -0.15) is 5.26 Å². The van der Waals surface area contributed by atoms with Crippen LogP contribution in [0.25, 0.3) is 10.8 Å². The largest absolute Gasteiger partial charge is 0.444 e. The maximum atomic E-state index is 14.1. The van der Waals surface area contributed by atoms with Crippen LogP contribution in [0, 0.1) is 18.3 Å². The molecule has 1 heterocycles. The van der Waals surface area contributed by atoms with Crippen LogP contribution in [0.5, 0.6) is 0 Å². The molecule has 0 aromatic heterocycles. The van der Waals surface area contributed by atoms with Crippen molar-refractivity contribution < 1.29 is 19.1 Å². The SMILES string of the molecule is Cc1ccc2ccccc2c1CN1C(=O)C(NC(=O)C(C)N(C)C(=O)OC(C)(C)C)CNc2cc(C#N)ccc21. The van der Waals surface area contributed by atoms with Gasteiger partial charge in [0.25, 0.3) is 5.91 Å². The monoisotopic (exact) mass is 541 g/mol. The van der Waals surface area contributed by atoms with Crippen molar-refractivity contribution in [2.75, 3.05) is 23.8 Å². The number of rotatable bonds is 5. The fourth-order valence-electron chi connectivity index (χ4n) is 4.64. The molecule has 9 nitrogen and oxygen atoms in total. The fourth-order valence-corrected chi connectivity index (χ4v) is 4.64. The van der Waals surface area contributed by atoms with E-state index in [4.69, 9.17) is 4.74 Å². The number of nitrogens with zero attached hydrogens (tertiary/aromatic N) is 3. The number of fused-ring (bicyclic) bond motifs is 2. The van der Waals surface area contributed by atoms with E-state index in [2.05, 4.69) is 22.8 Å². The van der Waals surface area contributed by atoms with E-state index in [0.717, 1.165) is 21.9 Å². The summed E-state index contributed by atoms with van der Waals surface area (Å²) < 4.78 is 5.39. The number of anilines is 2. The van der Waals surface area contributed by atoms with E-state index in [9.17, 15) is 19.6 Å². The van der Waals surface area contributed by atoms with Crippen molar-refractivity contribution in [3.63, 3.8) is 0 Å². The van der Waals surface area contributed by atoms with Crippen LogP contribution < -0.4 is 15.5 Å². The van der Waals surface area contributed by atoms with Gasteiger partial charge in [0.05, 0.1) is 29.6 Å². The lowest BCUT2D eigenvalue weighted by molar-refractivity contribution is -0.130. The predicted molar refractivity (Wildman–Crippen MR) is 155 cm³/mol. The maximum absolute atomic E-state index is 14.1. The average molecular weight is 542 g/mol. The number of carbonyl (C=O) groups is 3. The molecule has 3 aromatic carbocycles. The minimum atomic E-state index is -0.921. The third-order valence-electron chi connectivity index (χ3n) is 7.03. The van der Waals surface area contributed by atoms with E-state index < -0.39 is 29.7 Å². The summed E-state index contributed by atoms with van der Waals surface area (Å²) in [5.41, 5.74) is 3.01. The highest BCUT2D eigenvalue weighted by molar-refractivity contribution is 6.04. The first-order chi connectivity index (χ1) is 18.9. The van der Waals surface area contributed by atoms with Crippen LogP contribution in [-0.2, 0) is 20.9 Å². The molecule has 208 valence electrons. The number of aryl methyl sites for hydroxylation is 1. The first-order valence-corrected chi connectivity index (χ1v) is 13.2. The van der Waals surface area contributed by atoms with Crippen LogP contribution in [0.1, 0.15) is 44.4 Å². The third kappa shape index (κ3) is 6.01. The lowest BCUT2D eigenvalue weighted by Crippen LogP contribution is -2.55. The van der Waals surface area contributed by atoms with Gasteiger partial charge in [0, 0.05) is 13.6 Å². The zero-order chi connectivity index (χ0) is 29.2. The Morgan fingerprint density at radius 3 is 2.62 bits per heavy atom. The van der Waals surface area contributed by atoms with Crippen molar-refractivity contribution >= 4 is 40.1 Å². The first kappa shape index (κ1) is 28.4. The first-order valence-electron chi connectivity index (χ1n) is 13.2. The molecule has 2 unspecified atom stereocenters. The molecule has 2 atom stereocenters. The predicted octanol–water partition coefficient (Wildman–Crippen LogP) is 4.72. The van der Waals surface area contributed by atoms with Crippen LogP contribution in [0.3, 0.4) is 0 Å². The van der Waals surface area contributed by atoms with Gasteiger partial charge >= 0.3 is 6.09 Å². The number of benzene rings is 3. The quantitative estimate of drug-likeness (QED) is 0.483. The zero-order valence-electron chi connectivity index (χ0n) is 23.7. The van der Waals surface area contributed by atoms with Crippen molar-refractivity contribution in [3.8, 4) is 6.07 Å². The molecule has 0 saturated heterocycles. The van der Waals surface area contributed by atoms with E-state index >= 15 is 0 Å². The molecular weight excluding hydrogens is 506 g/mol. The van der Waals surface area contributed by atoms with Crippen LogP contribution >= 0.6 is 0 Å². The topological polar surface area (TPSA) is 115 Å². The standard InChI is InChI=1S/C31H35N5O4/c1-19-11-13-22-9-7-8-10-23(22)24(19)18-36-27-14-12-21(16-32)15-25(27)33-17-26(29(36)38)34-28(37)20(2)35(6)30(39)40-31(3,4)5/h7-15,20,26,33H,17-18H2,1-6H3,(H,34,37). The van der Waals surface area contributed by atoms with Crippen molar-refractivity contribution in [3.05, 3.63) is 71.3 Å². The number of hydrogen-bond donors (Lipinski definition) is 2. The highest BCUT2D eigenvalue weighted by atomic mass is 16.6. The van der Waals surface area contributed by atoms with Crippen LogP contribution in [0.4, 0.5) is 16.2 Å². The summed E-state index contributed by atoms with van der Waals surface area (Å²) in [5.74, 6) is -0.790. The Balaban J connectivity index is 1.65. The molecule has 40 heavy (non-hydrogen) atoms. The van der Waals surface area contributed by atoms with Gasteiger partial charge < -0.3 is 20.3 Å². The minimum Gasteiger partial charge on any atom is -0.444 e. The third-order valence-corrected chi connectivity index (χ3v) is 7.03. The molecule has 3 aromatic rings. The molecule has 2 N–H and O–H groups in total. The number of ether oxygens (including phenoxy) is 1. The fraction of sp³-hybridized carbons (Fsp3) is 0.355. The number of nitriles is 1. The van der Waals surface area contributed by atoms with Gasteiger partial charge in [-0.25, -0.2) is 4.79 Å². The van der Waals surface area contributed by atoms with Gasteiger partial charge in [-0.1, -0.05) is 36.4 Å². The van der Waals surface area contributed by atoms with Crippen LogP contribution in [0.15, 0.2) is 54.6 Å². The van der Waals surface area contributed by atoms with E-state index in [1.165, 1.54) is 11.9 Å². The maximum Gasteiger partial charge on any atom is 0.410 e. The molecule has 9 heteroatoms. The molecule has 4 rings (SSSR count). The van der Waals surface area contributed by atoms with Crippen molar-refractivity contribution in [1.29, 1.82) is 5.26 Å². The molecule has 1 aliphatic rings. The Kier molecular flexibility index (Phi) is 8.01. The summed E-state index contributed by atoms with van der Waals surface area (Å²) in [6.07, 6.45) is -0.634. The molecule has 0 radical (unpaired) electrons. The van der Waals surface area contributed by atoms with E-state index in [0.29, 0.717) is 16.9 Å². The molecule has 0 saturated carbocycles. The molecule has 0 bridgehead atoms. The Labute approximate surface area is 234 Å². The second-order valence-electron chi connectivity index (χ2n) is 11.1. The number of likely N-dealkylation sites (N-methyl/N-ethyl adjacent to an activating group) is 1. The van der Waals surface area contributed by atoms with Crippen molar-refractivity contribution in [2.24, 2.45) is 0 Å². The van der Waals surface area contributed by atoms with Gasteiger partial charge in [-0.3, -0.25) is 14.5 Å². The second-order valence-corrected chi connectivity index (χ2v) is 11.1. The molecule has 0 fully saturated rings. The van der Waals surface area contributed by atoms with Gasteiger partial charge in [0.15, 0.2) is 0 Å². The van der Waals surface area contributed by atoms with Gasteiger partial charge in [-0.05, 0) is 74.7 Å². The lowest BCUT2D eigenvalue weighted by atomic mass is 9.98. The normalized spacial score (nSPS) is 15.8. The summed E-state index contributed by atoms with van der Waals surface area (Å²) in [7, 11) is 1.49. The molecular formula is C31H35N5O4. The van der Waals surface area contributed by atoms with E-state index in [1.807, 2.05) is 37.3 Å². The number of carbonyl (C=O) groups excluding carboxylic acids is 3. The summed E-state index contributed by atoms with van der Waals surface area (Å²) in [6.45, 7) is 9.23. The Hall–Kier alpha value is -4.58. The summed E-state index contributed by atoms with van der Waals surface area (Å²) in [5, 5.41) is 17.6. The van der Waals surface area contributed by atoms with Crippen molar-refractivity contribution in [1.82, 2.24) is 10.2 Å². The highest BCUT2D eigenvalue weighted by Crippen LogP contribution is 2.33. The van der Waals surface area contributed by atoms with Crippen LogP contribution in [0.2, 0.25) is 0 Å². The second kappa shape index (κ2) is 11.3. The van der Waals surface area contributed by atoms with Gasteiger partial charge in [-0.15, -0.1) is 0 Å². The van der Waals surface area contributed by atoms with E-state index in [-0.39, 0.29) is 19.0 Å². The highest BCUT2D eigenvalue weighted by Gasteiger charge is 2.35. The van der Waals surface area contributed by atoms with E-state index in [1.54, 1.807) is 50.8 Å². The molecule has 3 amide bonds. The number of nitrogens with one attached hydrogen (secondary N) is 2. The number of hydrogen-bond acceptors (Lipinski definition) is 6. The van der Waals surface area contributed by atoms with Crippen molar-refractivity contribution in [2.45, 2.75) is 58.8 Å². The van der Waals surface area contributed by atoms with Gasteiger partial charge in [0.1, 0.15) is 17.7 Å². The Morgan fingerprint density at radius 2 is 1.93 bits per heavy atom. The lowest BCUT2D eigenvalue weighted by Gasteiger charge is -2.30. The van der Waals surface area contributed by atoms with Crippen LogP contribution in [-0.4, -0.2) is 54.1 Å².